The molecule has 7 nitrogen and oxygen atoms in total. The maximum absolute atomic E-state index is 11.6. The van der Waals surface area contributed by atoms with Crippen LogP contribution in [-0.2, 0) is 9.84 Å². The zero-order valence-corrected chi connectivity index (χ0v) is 15.5. The van der Waals surface area contributed by atoms with E-state index in [4.69, 9.17) is 0 Å². The molecular formula is C17H23N5O2S. The van der Waals surface area contributed by atoms with Gasteiger partial charge in [0, 0.05) is 11.7 Å². The van der Waals surface area contributed by atoms with Crippen LogP contribution >= 0.6 is 0 Å². The molecule has 2 aromatic rings. The van der Waals surface area contributed by atoms with E-state index in [1.807, 2.05) is 19.1 Å². The average Bonchev–Trinajstić information content (AvgIpc) is 2.88. The minimum atomic E-state index is -2.95. The van der Waals surface area contributed by atoms with Gasteiger partial charge >= 0.3 is 0 Å². The third kappa shape index (κ3) is 4.25. The molecule has 2 heterocycles. The second kappa shape index (κ2) is 6.95. The highest BCUT2D eigenvalue weighted by Crippen LogP contribution is 2.29. The highest BCUT2D eigenvalue weighted by Gasteiger charge is 2.28. The standard InChI is InChI=1S/C17H23N5O2S/c1-11(2)14-6-4-5-12(3)16(14)20-15-9-18-22-17(21-15)19-13-7-8-25(23,24)10-13/h4-6,9,11,13H,7-8,10H2,1-3H3,(H2,19,20,21,22). The summed E-state index contributed by atoms with van der Waals surface area (Å²) in [6.07, 6.45) is 2.13. The predicted octanol–water partition coefficient (Wildman–Crippen LogP) is 2.65. The van der Waals surface area contributed by atoms with Gasteiger partial charge in [-0.15, -0.1) is 5.10 Å². The smallest absolute Gasteiger partial charge is 0.244 e. The van der Waals surface area contributed by atoms with Crippen LogP contribution in [0.3, 0.4) is 0 Å². The molecule has 1 aromatic carbocycles. The van der Waals surface area contributed by atoms with Gasteiger partial charge in [0.1, 0.15) is 0 Å². The molecule has 25 heavy (non-hydrogen) atoms. The molecule has 3 rings (SSSR count). The molecule has 134 valence electrons. The zero-order valence-electron chi connectivity index (χ0n) is 14.7. The van der Waals surface area contributed by atoms with Crippen molar-refractivity contribution in [2.45, 2.75) is 39.2 Å². The summed E-state index contributed by atoms with van der Waals surface area (Å²) in [6, 6.07) is 6.02. The Morgan fingerprint density at radius 3 is 2.76 bits per heavy atom. The van der Waals surface area contributed by atoms with E-state index in [1.165, 1.54) is 5.56 Å². The summed E-state index contributed by atoms with van der Waals surface area (Å²) in [6.45, 7) is 6.34. The molecule has 0 saturated carbocycles. The molecule has 0 spiro atoms. The van der Waals surface area contributed by atoms with E-state index >= 15 is 0 Å². The van der Waals surface area contributed by atoms with Gasteiger partial charge in [0.2, 0.25) is 5.95 Å². The second-order valence-corrected chi connectivity index (χ2v) is 8.96. The van der Waals surface area contributed by atoms with E-state index in [0.29, 0.717) is 24.1 Å². The van der Waals surface area contributed by atoms with E-state index in [0.717, 1.165) is 11.3 Å². The SMILES string of the molecule is Cc1cccc(C(C)C)c1Nc1cnnc(NC2CCS(=O)(=O)C2)n1. The van der Waals surface area contributed by atoms with E-state index in [2.05, 4.69) is 45.7 Å². The molecule has 2 N–H and O–H groups in total. The molecule has 1 atom stereocenters. The fourth-order valence-corrected chi connectivity index (χ4v) is 4.66. The molecule has 1 unspecified atom stereocenters. The van der Waals surface area contributed by atoms with Gasteiger partial charge in [-0.25, -0.2) is 8.42 Å². The number of aromatic nitrogens is 3. The van der Waals surface area contributed by atoms with Gasteiger partial charge in [-0.1, -0.05) is 32.0 Å². The number of nitrogens with zero attached hydrogens (tertiary/aromatic N) is 3. The normalized spacial score (nSPS) is 19.1. The van der Waals surface area contributed by atoms with Crippen molar-refractivity contribution < 1.29 is 8.42 Å². The Bertz CT molecular complexity index is 867. The van der Waals surface area contributed by atoms with Crippen molar-refractivity contribution in [1.82, 2.24) is 15.2 Å². The van der Waals surface area contributed by atoms with Crippen LogP contribution in [0.4, 0.5) is 17.5 Å². The quantitative estimate of drug-likeness (QED) is 0.845. The number of anilines is 3. The lowest BCUT2D eigenvalue weighted by atomic mass is 9.98. The van der Waals surface area contributed by atoms with E-state index in [-0.39, 0.29) is 17.5 Å². The molecule has 1 aliphatic rings. The fourth-order valence-electron chi connectivity index (χ4n) is 2.99. The Morgan fingerprint density at radius 1 is 1.28 bits per heavy atom. The summed E-state index contributed by atoms with van der Waals surface area (Å²) < 4.78 is 23.1. The minimum Gasteiger partial charge on any atom is -0.349 e. The molecular weight excluding hydrogens is 338 g/mol. The van der Waals surface area contributed by atoms with Crippen LogP contribution < -0.4 is 10.6 Å². The van der Waals surface area contributed by atoms with Crippen LogP contribution in [0.15, 0.2) is 24.4 Å². The highest BCUT2D eigenvalue weighted by atomic mass is 32.2. The number of hydrogen-bond acceptors (Lipinski definition) is 7. The minimum absolute atomic E-state index is 0.114. The third-order valence-corrected chi connectivity index (χ3v) is 6.07. The number of rotatable bonds is 5. The summed E-state index contributed by atoms with van der Waals surface area (Å²) in [7, 11) is -2.95. The lowest BCUT2D eigenvalue weighted by molar-refractivity contribution is 0.602. The number of aryl methyl sites for hydroxylation is 1. The van der Waals surface area contributed by atoms with Crippen molar-refractivity contribution in [3.63, 3.8) is 0 Å². The first-order valence-electron chi connectivity index (χ1n) is 8.37. The first-order chi connectivity index (χ1) is 11.8. The molecule has 0 bridgehead atoms. The topological polar surface area (TPSA) is 96.9 Å². The van der Waals surface area contributed by atoms with Crippen molar-refractivity contribution in [3.05, 3.63) is 35.5 Å². The van der Waals surface area contributed by atoms with Gasteiger partial charge in [0.25, 0.3) is 0 Å². The Kier molecular flexibility index (Phi) is 4.89. The molecule has 1 aromatic heterocycles. The lowest BCUT2D eigenvalue weighted by Gasteiger charge is -2.17. The number of hydrogen-bond donors (Lipinski definition) is 2. The van der Waals surface area contributed by atoms with E-state index < -0.39 is 9.84 Å². The number of nitrogens with one attached hydrogen (secondary N) is 2. The van der Waals surface area contributed by atoms with E-state index in [9.17, 15) is 8.42 Å². The van der Waals surface area contributed by atoms with Crippen LogP contribution in [0.2, 0.25) is 0 Å². The second-order valence-electron chi connectivity index (χ2n) is 6.73. The molecule has 8 heteroatoms. The molecule has 0 aliphatic carbocycles. The van der Waals surface area contributed by atoms with Crippen LogP contribution in [-0.4, -0.2) is 41.1 Å². The Hall–Kier alpha value is -2.22. The van der Waals surface area contributed by atoms with Crippen LogP contribution in [0.5, 0.6) is 0 Å². The number of sulfone groups is 1. The zero-order chi connectivity index (χ0) is 18.0. The van der Waals surface area contributed by atoms with Crippen molar-refractivity contribution in [3.8, 4) is 0 Å². The van der Waals surface area contributed by atoms with Gasteiger partial charge < -0.3 is 10.6 Å². The van der Waals surface area contributed by atoms with Gasteiger partial charge in [-0.05, 0) is 30.4 Å². The van der Waals surface area contributed by atoms with Crippen LogP contribution in [0.25, 0.3) is 0 Å². The molecule has 1 saturated heterocycles. The third-order valence-electron chi connectivity index (χ3n) is 4.30. The molecule has 0 amide bonds. The molecule has 1 fully saturated rings. The largest absolute Gasteiger partial charge is 0.349 e. The highest BCUT2D eigenvalue weighted by molar-refractivity contribution is 7.91. The van der Waals surface area contributed by atoms with E-state index in [1.54, 1.807) is 6.20 Å². The Balaban J connectivity index is 1.79. The van der Waals surface area contributed by atoms with Crippen molar-refractivity contribution in [2.24, 2.45) is 0 Å². The number of para-hydroxylation sites is 1. The van der Waals surface area contributed by atoms with Gasteiger partial charge in [0.15, 0.2) is 15.7 Å². The van der Waals surface area contributed by atoms with Crippen LogP contribution in [0.1, 0.15) is 37.3 Å². The van der Waals surface area contributed by atoms with Crippen LogP contribution in [0, 0.1) is 6.92 Å². The first kappa shape index (κ1) is 17.6. The monoisotopic (exact) mass is 361 g/mol. The van der Waals surface area contributed by atoms with Crippen molar-refractivity contribution >= 4 is 27.3 Å². The lowest BCUT2D eigenvalue weighted by Crippen LogP contribution is -2.22. The maximum atomic E-state index is 11.6. The summed E-state index contributed by atoms with van der Waals surface area (Å²) in [5.41, 5.74) is 3.35. The summed E-state index contributed by atoms with van der Waals surface area (Å²) in [5.74, 6) is 1.61. The van der Waals surface area contributed by atoms with Crippen molar-refractivity contribution in [2.75, 3.05) is 22.1 Å². The fraction of sp³-hybridized carbons (Fsp3) is 0.471. The average molecular weight is 361 g/mol. The molecule has 0 radical (unpaired) electrons. The number of benzene rings is 1. The van der Waals surface area contributed by atoms with Gasteiger partial charge in [-0.2, -0.15) is 10.1 Å². The predicted molar refractivity (Wildman–Crippen MR) is 99.1 cm³/mol. The summed E-state index contributed by atoms with van der Waals surface area (Å²) in [5, 5.41) is 14.3. The summed E-state index contributed by atoms with van der Waals surface area (Å²) in [4.78, 5) is 4.43. The maximum Gasteiger partial charge on any atom is 0.244 e. The Morgan fingerprint density at radius 2 is 2.08 bits per heavy atom. The summed E-state index contributed by atoms with van der Waals surface area (Å²) >= 11 is 0. The first-order valence-corrected chi connectivity index (χ1v) is 10.2. The Labute approximate surface area is 148 Å². The van der Waals surface area contributed by atoms with Gasteiger partial charge in [0.05, 0.1) is 17.7 Å². The van der Waals surface area contributed by atoms with Gasteiger partial charge in [-0.3, -0.25) is 0 Å². The molecule has 1 aliphatic heterocycles. The van der Waals surface area contributed by atoms with Crippen molar-refractivity contribution in [1.29, 1.82) is 0 Å².